The summed E-state index contributed by atoms with van der Waals surface area (Å²) in [4.78, 5) is 2.40. The summed E-state index contributed by atoms with van der Waals surface area (Å²) in [6.45, 7) is 16.2. The number of aliphatic hydroxyl groups is 1. The first-order valence-electron chi connectivity index (χ1n) is 6.44. The van der Waals surface area contributed by atoms with Crippen molar-refractivity contribution in [1.82, 2.24) is 10.2 Å². The normalized spacial score (nSPS) is 16.1. The summed E-state index contributed by atoms with van der Waals surface area (Å²) < 4.78 is 0. The third-order valence-corrected chi connectivity index (χ3v) is 2.63. The predicted octanol–water partition coefficient (Wildman–Crippen LogP) is 1.71. The zero-order chi connectivity index (χ0) is 12.8. The summed E-state index contributed by atoms with van der Waals surface area (Å²) in [5.74, 6) is 0.668. The van der Waals surface area contributed by atoms with E-state index in [0.29, 0.717) is 12.0 Å². The van der Waals surface area contributed by atoms with Crippen molar-refractivity contribution >= 4 is 0 Å². The standard InChI is InChI=1S/C13H30N2O/c1-7-15(8-11(2)3)9-13(6,10-16)14-12(4)5/h11-12,14,16H,7-10H2,1-6H3. The van der Waals surface area contributed by atoms with Gasteiger partial charge in [-0.15, -0.1) is 0 Å². The van der Waals surface area contributed by atoms with Gasteiger partial charge >= 0.3 is 0 Å². The molecule has 0 amide bonds. The molecule has 0 aromatic carbocycles. The molecule has 0 bridgehead atoms. The molecule has 16 heavy (non-hydrogen) atoms. The minimum Gasteiger partial charge on any atom is -0.394 e. The minimum atomic E-state index is -0.195. The molecule has 98 valence electrons. The van der Waals surface area contributed by atoms with E-state index in [1.165, 1.54) is 0 Å². The largest absolute Gasteiger partial charge is 0.394 e. The summed E-state index contributed by atoms with van der Waals surface area (Å²) in [6, 6.07) is 0.398. The van der Waals surface area contributed by atoms with Crippen LogP contribution in [-0.4, -0.2) is 47.8 Å². The van der Waals surface area contributed by atoms with Crippen LogP contribution in [0.15, 0.2) is 0 Å². The lowest BCUT2D eigenvalue weighted by Crippen LogP contribution is -2.56. The van der Waals surface area contributed by atoms with Crippen LogP contribution < -0.4 is 5.32 Å². The van der Waals surface area contributed by atoms with Gasteiger partial charge in [0.25, 0.3) is 0 Å². The van der Waals surface area contributed by atoms with Crippen LogP contribution in [-0.2, 0) is 0 Å². The zero-order valence-corrected chi connectivity index (χ0v) is 11.9. The summed E-state index contributed by atoms with van der Waals surface area (Å²) in [7, 11) is 0. The first-order valence-corrected chi connectivity index (χ1v) is 6.44. The number of rotatable bonds is 8. The fraction of sp³-hybridized carbons (Fsp3) is 1.00. The molecule has 0 aliphatic carbocycles. The van der Waals surface area contributed by atoms with Crippen molar-refractivity contribution in [2.75, 3.05) is 26.2 Å². The molecular formula is C13H30N2O. The molecule has 0 rings (SSSR count). The molecule has 0 radical (unpaired) electrons. The van der Waals surface area contributed by atoms with Crippen LogP contribution in [0.5, 0.6) is 0 Å². The lowest BCUT2D eigenvalue weighted by molar-refractivity contribution is 0.109. The highest BCUT2D eigenvalue weighted by Crippen LogP contribution is 2.09. The highest BCUT2D eigenvalue weighted by molar-refractivity contribution is 4.87. The van der Waals surface area contributed by atoms with Crippen LogP contribution in [0, 0.1) is 5.92 Å². The number of nitrogens with zero attached hydrogens (tertiary/aromatic N) is 1. The lowest BCUT2D eigenvalue weighted by atomic mass is 10.0. The molecular weight excluding hydrogens is 200 g/mol. The molecule has 0 spiro atoms. The highest BCUT2D eigenvalue weighted by Gasteiger charge is 2.26. The van der Waals surface area contributed by atoms with Crippen LogP contribution in [0.3, 0.4) is 0 Å². The van der Waals surface area contributed by atoms with Gasteiger partial charge in [0, 0.05) is 19.1 Å². The number of hydrogen-bond acceptors (Lipinski definition) is 3. The van der Waals surface area contributed by atoms with Gasteiger partial charge in [0.05, 0.1) is 12.1 Å². The maximum Gasteiger partial charge on any atom is 0.0623 e. The Balaban J connectivity index is 4.35. The van der Waals surface area contributed by atoms with Crippen molar-refractivity contribution in [3.05, 3.63) is 0 Å². The Hall–Kier alpha value is -0.120. The van der Waals surface area contributed by atoms with Crippen molar-refractivity contribution in [2.45, 2.75) is 53.1 Å². The summed E-state index contributed by atoms with van der Waals surface area (Å²) >= 11 is 0. The van der Waals surface area contributed by atoms with E-state index in [4.69, 9.17) is 0 Å². The SMILES string of the molecule is CCN(CC(C)C)CC(C)(CO)NC(C)C. The Morgan fingerprint density at radius 3 is 2.12 bits per heavy atom. The highest BCUT2D eigenvalue weighted by atomic mass is 16.3. The van der Waals surface area contributed by atoms with Crippen molar-refractivity contribution in [2.24, 2.45) is 5.92 Å². The van der Waals surface area contributed by atoms with E-state index in [1.54, 1.807) is 0 Å². The second kappa shape index (κ2) is 7.25. The van der Waals surface area contributed by atoms with Gasteiger partial charge < -0.3 is 15.3 Å². The topological polar surface area (TPSA) is 35.5 Å². The Bertz CT molecular complexity index is 183. The number of aliphatic hydroxyl groups excluding tert-OH is 1. The Morgan fingerprint density at radius 2 is 1.81 bits per heavy atom. The van der Waals surface area contributed by atoms with Gasteiger partial charge in [-0.25, -0.2) is 0 Å². The van der Waals surface area contributed by atoms with E-state index in [2.05, 4.69) is 51.8 Å². The van der Waals surface area contributed by atoms with Gasteiger partial charge in [0.2, 0.25) is 0 Å². The van der Waals surface area contributed by atoms with Gasteiger partial charge in [0.15, 0.2) is 0 Å². The van der Waals surface area contributed by atoms with E-state index >= 15 is 0 Å². The molecule has 1 atom stereocenters. The molecule has 0 aliphatic heterocycles. The van der Waals surface area contributed by atoms with Gasteiger partial charge in [-0.3, -0.25) is 0 Å². The van der Waals surface area contributed by atoms with E-state index in [9.17, 15) is 5.11 Å². The quantitative estimate of drug-likeness (QED) is 0.666. The lowest BCUT2D eigenvalue weighted by Gasteiger charge is -2.36. The predicted molar refractivity (Wildman–Crippen MR) is 70.7 cm³/mol. The number of nitrogens with one attached hydrogen (secondary N) is 1. The Morgan fingerprint density at radius 1 is 1.25 bits per heavy atom. The molecule has 0 aliphatic rings. The molecule has 0 saturated carbocycles. The van der Waals surface area contributed by atoms with Crippen LogP contribution in [0.4, 0.5) is 0 Å². The van der Waals surface area contributed by atoms with E-state index in [-0.39, 0.29) is 12.1 Å². The van der Waals surface area contributed by atoms with E-state index in [0.717, 1.165) is 19.6 Å². The van der Waals surface area contributed by atoms with Crippen LogP contribution in [0.1, 0.15) is 41.5 Å². The van der Waals surface area contributed by atoms with Gasteiger partial charge in [-0.2, -0.15) is 0 Å². The summed E-state index contributed by atoms with van der Waals surface area (Å²) in [5, 5.41) is 13.0. The second-order valence-electron chi connectivity index (χ2n) is 5.74. The van der Waals surface area contributed by atoms with Crippen LogP contribution in [0.25, 0.3) is 0 Å². The molecule has 0 heterocycles. The van der Waals surface area contributed by atoms with Crippen molar-refractivity contribution in [3.63, 3.8) is 0 Å². The Kier molecular flexibility index (Phi) is 7.20. The smallest absolute Gasteiger partial charge is 0.0623 e. The molecule has 0 fully saturated rings. The van der Waals surface area contributed by atoms with Gasteiger partial charge in [-0.1, -0.05) is 34.6 Å². The van der Waals surface area contributed by atoms with Crippen LogP contribution >= 0.6 is 0 Å². The third-order valence-electron chi connectivity index (χ3n) is 2.63. The first kappa shape index (κ1) is 15.9. The molecule has 2 N–H and O–H groups in total. The number of likely N-dealkylation sites (N-methyl/N-ethyl adjacent to an activating group) is 1. The average molecular weight is 230 g/mol. The maximum atomic E-state index is 9.52. The monoisotopic (exact) mass is 230 g/mol. The average Bonchev–Trinajstić information content (AvgIpc) is 2.14. The summed E-state index contributed by atoms with van der Waals surface area (Å²) in [6.07, 6.45) is 0. The first-order chi connectivity index (χ1) is 7.33. The third kappa shape index (κ3) is 6.46. The van der Waals surface area contributed by atoms with E-state index in [1.807, 2.05) is 0 Å². The molecule has 0 aromatic rings. The van der Waals surface area contributed by atoms with Gasteiger partial charge in [-0.05, 0) is 19.4 Å². The Labute approximate surface area is 101 Å². The molecule has 0 aromatic heterocycles. The van der Waals surface area contributed by atoms with E-state index < -0.39 is 0 Å². The van der Waals surface area contributed by atoms with Crippen molar-refractivity contribution in [3.8, 4) is 0 Å². The molecule has 1 unspecified atom stereocenters. The summed E-state index contributed by atoms with van der Waals surface area (Å²) in [5.41, 5.74) is -0.195. The van der Waals surface area contributed by atoms with Crippen molar-refractivity contribution < 1.29 is 5.11 Å². The zero-order valence-electron chi connectivity index (χ0n) is 11.9. The maximum absolute atomic E-state index is 9.52. The van der Waals surface area contributed by atoms with Crippen LogP contribution in [0.2, 0.25) is 0 Å². The van der Waals surface area contributed by atoms with Gasteiger partial charge in [0.1, 0.15) is 0 Å². The minimum absolute atomic E-state index is 0.180. The molecule has 3 nitrogen and oxygen atoms in total. The fourth-order valence-electron chi connectivity index (χ4n) is 2.15. The van der Waals surface area contributed by atoms with Crippen molar-refractivity contribution in [1.29, 1.82) is 0 Å². The molecule has 3 heteroatoms. The fourth-order valence-corrected chi connectivity index (χ4v) is 2.15. The molecule has 0 saturated heterocycles. The number of hydrogen-bond donors (Lipinski definition) is 2. The second-order valence-corrected chi connectivity index (χ2v) is 5.74.